The van der Waals surface area contributed by atoms with Gasteiger partial charge in [0.15, 0.2) is 0 Å². The zero-order chi connectivity index (χ0) is 18.6. The summed E-state index contributed by atoms with van der Waals surface area (Å²) in [6.07, 6.45) is 1.34. The topological polar surface area (TPSA) is 49.9 Å². The van der Waals surface area contributed by atoms with Crippen LogP contribution in [0.2, 0.25) is 0 Å². The maximum atomic E-state index is 12.9. The van der Waals surface area contributed by atoms with Crippen LogP contribution in [-0.2, 0) is 4.79 Å². The highest BCUT2D eigenvalue weighted by Gasteiger charge is 2.26. The first-order valence-electron chi connectivity index (χ1n) is 8.93. The molecule has 0 radical (unpaired) electrons. The van der Waals surface area contributed by atoms with Gasteiger partial charge < -0.3 is 14.5 Å². The largest absolute Gasteiger partial charge is 0.496 e. The molecule has 0 aliphatic carbocycles. The zero-order valence-corrected chi connectivity index (χ0v) is 16.1. The standard InChI is InChI=1S/C20H30N2O3/c1-15-7-8-17(25-5)16(13-15)19(24)22-10-6-9-21(11-12-22)18(23)14-20(2,3)4/h7-8,13H,6,9-12,14H2,1-5H3. The van der Waals surface area contributed by atoms with Gasteiger partial charge in [0.2, 0.25) is 5.91 Å². The van der Waals surface area contributed by atoms with E-state index in [4.69, 9.17) is 4.74 Å². The lowest BCUT2D eigenvalue weighted by atomic mass is 9.91. The van der Waals surface area contributed by atoms with E-state index >= 15 is 0 Å². The second kappa shape index (κ2) is 7.89. The molecule has 2 rings (SSSR count). The Morgan fingerprint density at radius 1 is 1.08 bits per heavy atom. The van der Waals surface area contributed by atoms with E-state index in [0.29, 0.717) is 43.9 Å². The summed E-state index contributed by atoms with van der Waals surface area (Å²) in [5.74, 6) is 0.751. The SMILES string of the molecule is COc1ccc(C)cc1C(=O)N1CCCN(C(=O)CC(C)(C)C)CC1. The normalized spacial score (nSPS) is 15.7. The second-order valence-corrected chi connectivity index (χ2v) is 7.97. The number of carbonyl (C=O) groups is 2. The zero-order valence-electron chi connectivity index (χ0n) is 16.1. The highest BCUT2D eigenvalue weighted by atomic mass is 16.5. The van der Waals surface area contributed by atoms with Crippen molar-refractivity contribution in [1.29, 1.82) is 0 Å². The molecule has 0 atom stereocenters. The summed E-state index contributed by atoms with van der Waals surface area (Å²) in [6.45, 7) is 10.7. The summed E-state index contributed by atoms with van der Waals surface area (Å²) in [5, 5.41) is 0. The number of amides is 2. The van der Waals surface area contributed by atoms with E-state index in [2.05, 4.69) is 20.8 Å². The molecule has 1 aliphatic heterocycles. The molecule has 0 aromatic heterocycles. The van der Waals surface area contributed by atoms with Gasteiger partial charge in [0.05, 0.1) is 12.7 Å². The first-order valence-corrected chi connectivity index (χ1v) is 8.93. The van der Waals surface area contributed by atoms with Crippen molar-refractivity contribution in [3.8, 4) is 5.75 Å². The van der Waals surface area contributed by atoms with E-state index in [-0.39, 0.29) is 17.2 Å². The van der Waals surface area contributed by atoms with Crippen LogP contribution in [0.1, 0.15) is 49.5 Å². The van der Waals surface area contributed by atoms with Crippen molar-refractivity contribution < 1.29 is 14.3 Å². The predicted molar refractivity (Wildman–Crippen MR) is 98.9 cm³/mol. The summed E-state index contributed by atoms with van der Waals surface area (Å²) < 4.78 is 5.35. The Morgan fingerprint density at radius 2 is 1.72 bits per heavy atom. The molecule has 5 nitrogen and oxygen atoms in total. The number of hydrogen-bond acceptors (Lipinski definition) is 3. The Kier molecular flexibility index (Phi) is 6.09. The number of nitrogens with zero attached hydrogens (tertiary/aromatic N) is 2. The molecule has 25 heavy (non-hydrogen) atoms. The molecule has 1 heterocycles. The van der Waals surface area contributed by atoms with E-state index < -0.39 is 0 Å². The third-order valence-electron chi connectivity index (χ3n) is 4.40. The number of methoxy groups -OCH3 is 1. The van der Waals surface area contributed by atoms with E-state index in [1.807, 2.05) is 34.9 Å². The molecule has 1 aromatic carbocycles. The Labute approximate surface area is 150 Å². The fourth-order valence-corrected chi connectivity index (χ4v) is 3.09. The molecular weight excluding hydrogens is 316 g/mol. The molecule has 0 saturated carbocycles. The van der Waals surface area contributed by atoms with E-state index in [0.717, 1.165) is 12.0 Å². The highest BCUT2D eigenvalue weighted by Crippen LogP contribution is 2.23. The molecule has 0 spiro atoms. The lowest BCUT2D eigenvalue weighted by molar-refractivity contribution is -0.132. The Morgan fingerprint density at radius 3 is 2.36 bits per heavy atom. The van der Waals surface area contributed by atoms with Gasteiger partial charge in [-0.2, -0.15) is 0 Å². The monoisotopic (exact) mass is 346 g/mol. The quantitative estimate of drug-likeness (QED) is 0.845. The fraction of sp³-hybridized carbons (Fsp3) is 0.600. The van der Waals surface area contributed by atoms with Gasteiger partial charge in [0, 0.05) is 32.6 Å². The minimum atomic E-state index is -0.0225. The molecule has 0 bridgehead atoms. The summed E-state index contributed by atoms with van der Waals surface area (Å²) in [6, 6.07) is 5.64. The molecule has 1 saturated heterocycles. The van der Waals surface area contributed by atoms with Gasteiger partial charge in [-0.3, -0.25) is 9.59 Å². The van der Waals surface area contributed by atoms with Crippen LogP contribution in [-0.4, -0.2) is 54.9 Å². The van der Waals surface area contributed by atoms with Crippen LogP contribution in [0.4, 0.5) is 0 Å². The second-order valence-electron chi connectivity index (χ2n) is 7.97. The van der Waals surface area contributed by atoms with Crippen molar-refractivity contribution in [1.82, 2.24) is 9.80 Å². The molecule has 1 aromatic rings. The van der Waals surface area contributed by atoms with Gasteiger partial charge in [-0.15, -0.1) is 0 Å². The Hall–Kier alpha value is -2.04. The van der Waals surface area contributed by atoms with Gasteiger partial charge >= 0.3 is 0 Å². The summed E-state index contributed by atoms with van der Waals surface area (Å²) in [4.78, 5) is 29.1. The number of ether oxygens (including phenoxy) is 1. The number of rotatable bonds is 3. The van der Waals surface area contributed by atoms with Gasteiger partial charge in [0.1, 0.15) is 5.75 Å². The highest BCUT2D eigenvalue weighted by molar-refractivity contribution is 5.97. The third kappa shape index (κ3) is 5.21. The average Bonchev–Trinajstić information content (AvgIpc) is 2.78. The molecule has 138 valence electrons. The van der Waals surface area contributed by atoms with Crippen LogP contribution >= 0.6 is 0 Å². The summed E-state index contributed by atoms with van der Waals surface area (Å²) in [5.41, 5.74) is 1.60. The van der Waals surface area contributed by atoms with E-state index in [1.165, 1.54) is 0 Å². The molecule has 2 amide bonds. The maximum Gasteiger partial charge on any atom is 0.257 e. The van der Waals surface area contributed by atoms with Crippen LogP contribution in [0, 0.1) is 12.3 Å². The molecule has 0 N–H and O–H groups in total. The lowest BCUT2D eigenvalue weighted by Gasteiger charge is -2.26. The summed E-state index contributed by atoms with van der Waals surface area (Å²) in [7, 11) is 1.58. The third-order valence-corrected chi connectivity index (χ3v) is 4.40. The molecule has 5 heteroatoms. The fourth-order valence-electron chi connectivity index (χ4n) is 3.09. The van der Waals surface area contributed by atoms with Gasteiger partial charge in [-0.1, -0.05) is 32.4 Å². The number of hydrogen-bond donors (Lipinski definition) is 0. The maximum absolute atomic E-state index is 12.9. The molecular formula is C20H30N2O3. The van der Waals surface area contributed by atoms with Crippen LogP contribution in [0.3, 0.4) is 0 Å². The van der Waals surface area contributed by atoms with Gasteiger partial charge in [0.25, 0.3) is 5.91 Å². The van der Waals surface area contributed by atoms with Crippen LogP contribution in [0.25, 0.3) is 0 Å². The number of benzene rings is 1. The minimum Gasteiger partial charge on any atom is -0.496 e. The van der Waals surface area contributed by atoms with Crippen molar-refractivity contribution in [2.24, 2.45) is 5.41 Å². The van der Waals surface area contributed by atoms with Crippen LogP contribution in [0.15, 0.2) is 18.2 Å². The van der Waals surface area contributed by atoms with Crippen LogP contribution in [0.5, 0.6) is 5.75 Å². The molecule has 1 fully saturated rings. The molecule has 0 unspecified atom stereocenters. The van der Waals surface area contributed by atoms with Crippen molar-refractivity contribution in [3.63, 3.8) is 0 Å². The lowest BCUT2D eigenvalue weighted by Crippen LogP contribution is -2.38. The predicted octanol–water partition coefficient (Wildman–Crippen LogP) is 3.11. The summed E-state index contributed by atoms with van der Waals surface area (Å²) >= 11 is 0. The van der Waals surface area contributed by atoms with Crippen molar-refractivity contribution in [2.45, 2.75) is 40.5 Å². The Balaban J connectivity index is 2.07. The van der Waals surface area contributed by atoms with Crippen molar-refractivity contribution >= 4 is 11.8 Å². The van der Waals surface area contributed by atoms with Gasteiger partial charge in [-0.25, -0.2) is 0 Å². The van der Waals surface area contributed by atoms with Crippen molar-refractivity contribution in [3.05, 3.63) is 29.3 Å². The van der Waals surface area contributed by atoms with Crippen LogP contribution < -0.4 is 4.74 Å². The molecule has 1 aliphatic rings. The number of carbonyl (C=O) groups excluding carboxylic acids is 2. The smallest absolute Gasteiger partial charge is 0.257 e. The minimum absolute atomic E-state index is 0.0200. The van der Waals surface area contributed by atoms with Gasteiger partial charge in [-0.05, 0) is 30.9 Å². The average molecular weight is 346 g/mol. The number of aryl methyl sites for hydroxylation is 1. The Bertz CT molecular complexity index is 634. The first-order chi connectivity index (χ1) is 11.7. The van der Waals surface area contributed by atoms with E-state index in [9.17, 15) is 9.59 Å². The first kappa shape index (κ1) is 19.3. The van der Waals surface area contributed by atoms with Crippen molar-refractivity contribution in [2.75, 3.05) is 33.3 Å². The van der Waals surface area contributed by atoms with E-state index in [1.54, 1.807) is 7.11 Å².